The lowest BCUT2D eigenvalue weighted by Gasteiger charge is -2.12. The molecule has 8 heteroatoms. The molecule has 2 amide bonds. The van der Waals surface area contributed by atoms with Crippen LogP contribution in [-0.2, 0) is 9.59 Å². The molecule has 90 valence electrons. The van der Waals surface area contributed by atoms with Crippen LogP contribution < -0.4 is 5.32 Å². The zero-order valence-electron chi connectivity index (χ0n) is 8.78. The van der Waals surface area contributed by atoms with Gasteiger partial charge in [-0.25, -0.2) is 4.98 Å². The van der Waals surface area contributed by atoms with Crippen LogP contribution in [0.1, 0.15) is 6.42 Å². The number of hydrogen-bond donors (Lipinski definition) is 1. The molecule has 1 N–H and O–H groups in total. The van der Waals surface area contributed by atoms with Crippen LogP contribution in [0.2, 0.25) is 10.3 Å². The second-order valence-electron chi connectivity index (χ2n) is 3.53. The molecule has 1 fully saturated rings. The van der Waals surface area contributed by atoms with Gasteiger partial charge in [-0.2, -0.15) is 4.98 Å². The summed E-state index contributed by atoms with van der Waals surface area (Å²) in [5, 5.41) is 3.04. The van der Waals surface area contributed by atoms with Crippen molar-refractivity contribution in [3.63, 3.8) is 0 Å². The van der Waals surface area contributed by atoms with E-state index in [0.717, 1.165) is 4.90 Å². The van der Waals surface area contributed by atoms with Gasteiger partial charge in [0.2, 0.25) is 11.2 Å². The minimum absolute atomic E-state index is 0.0158. The average Bonchev–Trinajstić information content (AvgIpc) is 2.52. The van der Waals surface area contributed by atoms with Crippen molar-refractivity contribution >= 4 is 40.8 Å². The zero-order chi connectivity index (χ0) is 12.6. The highest BCUT2D eigenvalue weighted by Gasteiger charge is 2.36. The molecule has 1 aromatic rings. The second-order valence-corrected chi connectivity index (χ2v) is 4.27. The van der Waals surface area contributed by atoms with E-state index in [1.165, 1.54) is 13.2 Å². The fourth-order valence-electron chi connectivity index (χ4n) is 1.48. The van der Waals surface area contributed by atoms with Crippen LogP contribution in [-0.4, -0.2) is 39.8 Å². The summed E-state index contributed by atoms with van der Waals surface area (Å²) in [6.07, 6.45) is 1.40. The molecule has 0 saturated carbocycles. The van der Waals surface area contributed by atoms with Crippen molar-refractivity contribution < 1.29 is 9.59 Å². The quantitative estimate of drug-likeness (QED) is 0.642. The highest BCUT2D eigenvalue weighted by molar-refractivity contribution is 6.33. The Morgan fingerprint density at radius 2 is 2.18 bits per heavy atom. The third-order valence-electron chi connectivity index (χ3n) is 2.41. The van der Waals surface area contributed by atoms with E-state index in [1.807, 2.05) is 0 Å². The number of hydrogen-bond acceptors (Lipinski definition) is 5. The van der Waals surface area contributed by atoms with Gasteiger partial charge in [-0.15, -0.1) is 0 Å². The Hall–Kier alpha value is -1.40. The lowest BCUT2D eigenvalue weighted by atomic mass is 10.2. The smallest absolute Gasteiger partial charge is 0.251 e. The molecule has 17 heavy (non-hydrogen) atoms. The van der Waals surface area contributed by atoms with Crippen LogP contribution in [0.15, 0.2) is 6.20 Å². The molecule has 1 atom stereocenters. The molecule has 6 nitrogen and oxygen atoms in total. The van der Waals surface area contributed by atoms with Crippen LogP contribution in [0, 0.1) is 0 Å². The Labute approximate surface area is 107 Å². The van der Waals surface area contributed by atoms with Gasteiger partial charge < -0.3 is 5.32 Å². The molecule has 1 aliphatic rings. The predicted molar refractivity (Wildman–Crippen MR) is 61.9 cm³/mol. The Kier molecular flexibility index (Phi) is 3.17. The number of likely N-dealkylation sites (N-methyl/N-ethyl adjacent to an activating group) is 1. The van der Waals surface area contributed by atoms with E-state index in [0.29, 0.717) is 0 Å². The minimum atomic E-state index is -0.657. The number of anilines is 1. The molecular formula is C9H8Cl2N4O2. The number of likely N-dealkylation sites (tertiary alicyclic amines) is 1. The predicted octanol–water partition coefficient (Wildman–Crippen LogP) is 0.953. The third kappa shape index (κ3) is 2.32. The van der Waals surface area contributed by atoms with Crippen molar-refractivity contribution in [2.45, 2.75) is 12.5 Å². The first-order valence-corrected chi connectivity index (χ1v) is 5.49. The number of carbonyl (C=O) groups excluding carboxylic acids is 2. The Morgan fingerprint density at radius 3 is 2.76 bits per heavy atom. The number of halogens is 2. The van der Waals surface area contributed by atoms with E-state index in [-0.39, 0.29) is 34.4 Å². The first-order valence-electron chi connectivity index (χ1n) is 4.74. The third-order valence-corrected chi connectivity index (χ3v) is 2.87. The highest BCUT2D eigenvalue weighted by Crippen LogP contribution is 2.23. The summed E-state index contributed by atoms with van der Waals surface area (Å²) in [5.74, 6) is -0.322. The Morgan fingerprint density at radius 1 is 1.47 bits per heavy atom. The Bertz CT molecular complexity index is 494. The van der Waals surface area contributed by atoms with Gasteiger partial charge in [0.05, 0.1) is 12.6 Å². The maximum absolute atomic E-state index is 11.6. The molecule has 2 rings (SSSR count). The maximum atomic E-state index is 11.6. The number of nitrogens with zero attached hydrogens (tertiary/aromatic N) is 3. The molecule has 1 saturated heterocycles. The fraction of sp³-hybridized carbons (Fsp3) is 0.333. The van der Waals surface area contributed by atoms with E-state index in [9.17, 15) is 9.59 Å². The van der Waals surface area contributed by atoms with E-state index in [4.69, 9.17) is 23.2 Å². The molecule has 2 heterocycles. The minimum Gasteiger partial charge on any atom is -0.357 e. The Balaban J connectivity index is 2.19. The molecule has 0 bridgehead atoms. The van der Waals surface area contributed by atoms with Gasteiger partial charge in [0.1, 0.15) is 11.1 Å². The van der Waals surface area contributed by atoms with Gasteiger partial charge in [0, 0.05) is 7.05 Å². The van der Waals surface area contributed by atoms with Crippen molar-refractivity contribution in [2.24, 2.45) is 0 Å². The summed E-state index contributed by atoms with van der Waals surface area (Å²) >= 11 is 11.5. The lowest BCUT2D eigenvalue weighted by molar-refractivity contribution is -0.136. The number of carbonyl (C=O) groups is 2. The molecule has 1 unspecified atom stereocenters. The summed E-state index contributed by atoms with van der Waals surface area (Å²) in [4.78, 5) is 31.5. The average molecular weight is 275 g/mol. The monoisotopic (exact) mass is 274 g/mol. The normalized spacial score (nSPS) is 19.9. The van der Waals surface area contributed by atoms with Gasteiger partial charge in [-0.05, 0) is 11.6 Å². The summed E-state index contributed by atoms with van der Waals surface area (Å²) in [6.45, 7) is 0. The van der Waals surface area contributed by atoms with E-state index < -0.39 is 6.04 Å². The topological polar surface area (TPSA) is 75.2 Å². The van der Waals surface area contributed by atoms with Crippen LogP contribution in [0.3, 0.4) is 0 Å². The summed E-state index contributed by atoms with van der Waals surface area (Å²) in [7, 11) is 1.43. The first-order chi connectivity index (χ1) is 7.99. The second kappa shape index (κ2) is 4.46. The molecule has 0 radical (unpaired) electrons. The first kappa shape index (κ1) is 12.1. The summed E-state index contributed by atoms with van der Waals surface area (Å²) in [5.41, 5.74) is 0. The van der Waals surface area contributed by atoms with Crippen LogP contribution in [0.4, 0.5) is 5.82 Å². The van der Waals surface area contributed by atoms with Crippen molar-refractivity contribution in [1.82, 2.24) is 14.9 Å². The van der Waals surface area contributed by atoms with E-state index in [1.54, 1.807) is 0 Å². The number of aromatic nitrogens is 2. The zero-order valence-corrected chi connectivity index (χ0v) is 10.3. The standard InChI is InChI=1S/C9H8Cl2N4O2/c1-15-6(16)2-5(8(15)17)13-7-4(10)3-12-9(11)14-7/h3,5H,2H2,1H3,(H,12,13,14). The van der Waals surface area contributed by atoms with Gasteiger partial charge >= 0.3 is 0 Å². The van der Waals surface area contributed by atoms with Crippen molar-refractivity contribution in [1.29, 1.82) is 0 Å². The van der Waals surface area contributed by atoms with Crippen LogP contribution in [0.5, 0.6) is 0 Å². The van der Waals surface area contributed by atoms with Gasteiger partial charge in [0.15, 0.2) is 5.82 Å². The molecule has 1 aromatic heterocycles. The molecular weight excluding hydrogens is 267 g/mol. The van der Waals surface area contributed by atoms with Crippen LogP contribution >= 0.6 is 23.2 Å². The van der Waals surface area contributed by atoms with Crippen molar-refractivity contribution in [3.8, 4) is 0 Å². The summed E-state index contributed by atoms with van der Waals surface area (Å²) in [6, 6.07) is -0.657. The molecule has 0 aliphatic carbocycles. The van der Waals surface area contributed by atoms with E-state index in [2.05, 4.69) is 15.3 Å². The molecule has 0 aromatic carbocycles. The fourth-order valence-corrected chi connectivity index (χ4v) is 1.76. The lowest BCUT2D eigenvalue weighted by Crippen LogP contribution is -2.32. The number of rotatable bonds is 2. The van der Waals surface area contributed by atoms with Crippen LogP contribution in [0.25, 0.3) is 0 Å². The van der Waals surface area contributed by atoms with E-state index >= 15 is 0 Å². The van der Waals surface area contributed by atoms with Gasteiger partial charge in [0.25, 0.3) is 5.91 Å². The summed E-state index contributed by atoms with van der Waals surface area (Å²) < 4.78 is 0. The van der Waals surface area contributed by atoms with Crippen molar-refractivity contribution in [3.05, 3.63) is 16.5 Å². The number of nitrogens with one attached hydrogen (secondary N) is 1. The number of amides is 2. The van der Waals surface area contributed by atoms with Gasteiger partial charge in [-0.3, -0.25) is 14.5 Å². The number of imide groups is 1. The maximum Gasteiger partial charge on any atom is 0.251 e. The molecule has 0 spiro atoms. The van der Waals surface area contributed by atoms with Crippen molar-refractivity contribution in [2.75, 3.05) is 12.4 Å². The SMILES string of the molecule is CN1C(=O)CC(Nc2nc(Cl)ncc2Cl)C1=O. The highest BCUT2D eigenvalue weighted by atomic mass is 35.5. The largest absolute Gasteiger partial charge is 0.357 e. The molecule has 1 aliphatic heterocycles. The van der Waals surface area contributed by atoms with Gasteiger partial charge in [-0.1, -0.05) is 11.6 Å².